The Morgan fingerprint density at radius 1 is 0.817 bits per heavy atom. The second-order valence-corrected chi connectivity index (χ2v) is 22.7. The zero-order valence-electron chi connectivity index (χ0n) is 46.8. The molecular formula is C60H64F5N13O4. The number of anilines is 1. The number of hydrogen-bond donors (Lipinski definition) is 1. The van der Waals surface area contributed by atoms with Crippen LogP contribution in [-0.4, -0.2) is 100.0 Å². The van der Waals surface area contributed by atoms with E-state index in [9.17, 15) is 17.6 Å². The summed E-state index contributed by atoms with van der Waals surface area (Å²) >= 11 is 0. The Labute approximate surface area is 470 Å². The van der Waals surface area contributed by atoms with Gasteiger partial charge in [0.1, 0.15) is 35.6 Å². The largest absolute Gasteiger partial charge is 0.444 e. The number of aromatic nitrogens is 10. The molecule has 428 valence electrons. The smallest absolute Gasteiger partial charge is 0.394 e. The van der Waals surface area contributed by atoms with Crippen LogP contribution in [0.15, 0.2) is 80.8 Å². The van der Waals surface area contributed by atoms with Crippen LogP contribution in [0.1, 0.15) is 137 Å². The van der Waals surface area contributed by atoms with Gasteiger partial charge in [-0.2, -0.15) is 23.3 Å². The quantitative estimate of drug-likeness (QED) is 0.0944. The van der Waals surface area contributed by atoms with Gasteiger partial charge in [-0.15, -0.1) is 0 Å². The summed E-state index contributed by atoms with van der Waals surface area (Å²) in [6.07, 6.45) is 11.7. The molecule has 7 aromatic heterocycles. The molecule has 82 heavy (non-hydrogen) atoms. The Morgan fingerprint density at radius 2 is 1.55 bits per heavy atom. The predicted octanol–water partition coefficient (Wildman–Crippen LogP) is 12.4. The first kappa shape index (κ1) is 55.0. The van der Waals surface area contributed by atoms with E-state index in [2.05, 4.69) is 26.3 Å². The Balaban J connectivity index is 0.000000158. The second-order valence-electron chi connectivity index (χ2n) is 22.7. The number of nitrogens with zero attached hydrogens (tertiary/aromatic N) is 12. The van der Waals surface area contributed by atoms with E-state index in [4.69, 9.17) is 53.9 Å². The van der Waals surface area contributed by atoms with Crippen LogP contribution in [0, 0.1) is 44.7 Å². The third kappa shape index (κ3) is 10.4. The molecule has 5 saturated carbocycles. The van der Waals surface area contributed by atoms with Crippen LogP contribution in [-0.2, 0) is 14.9 Å². The van der Waals surface area contributed by atoms with Crippen molar-refractivity contribution in [2.45, 2.75) is 154 Å². The summed E-state index contributed by atoms with van der Waals surface area (Å²) in [5.74, 6) is 1.06. The summed E-state index contributed by atoms with van der Waals surface area (Å²) in [5, 5.41) is 5.70. The maximum atomic E-state index is 15.2. The summed E-state index contributed by atoms with van der Waals surface area (Å²) in [6.45, 7) is 14.8. The summed E-state index contributed by atoms with van der Waals surface area (Å²) in [6, 6.07) is 7.96. The predicted molar refractivity (Wildman–Crippen MR) is 297 cm³/mol. The monoisotopic (exact) mass is 1130 g/mol. The number of oxazole rings is 2. The molecule has 1 aromatic carbocycles. The highest BCUT2D eigenvalue weighted by atomic mass is 19.4. The number of morpholine rings is 1. The van der Waals surface area contributed by atoms with Gasteiger partial charge in [-0.25, -0.2) is 43.7 Å². The first-order valence-electron chi connectivity index (χ1n) is 28.2. The maximum absolute atomic E-state index is 15.2. The number of pyridine rings is 2. The minimum Gasteiger partial charge on any atom is -0.444 e. The van der Waals surface area contributed by atoms with Crippen LogP contribution in [0.5, 0.6) is 0 Å². The van der Waals surface area contributed by atoms with Crippen molar-refractivity contribution in [1.29, 1.82) is 0 Å². The average Bonchev–Trinajstić information content (AvgIpc) is 3.70. The minimum atomic E-state index is -4.20. The number of ether oxygens (including phenoxy) is 2. The molecule has 0 spiro atoms. The summed E-state index contributed by atoms with van der Waals surface area (Å²) in [4.78, 5) is 44.5. The lowest BCUT2D eigenvalue weighted by atomic mass is 9.33. The fourth-order valence-corrected chi connectivity index (χ4v) is 11.9. The first-order valence-corrected chi connectivity index (χ1v) is 28.2. The normalized spacial score (nSPS) is 24.4. The number of alkyl halides is 3. The molecule has 9 heterocycles. The van der Waals surface area contributed by atoms with Gasteiger partial charge in [0.25, 0.3) is 0 Å². The molecule has 17 nitrogen and oxygen atoms in total. The molecule has 0 amide bonds. The lowest BCUT2D eigenvalue weighted by Crippen LogP contribution is -2.70. The molecule has 8 aromatic rings. The molecule has 0 radical (unpaired) electrons. The molecule has 4 unspecified atom stereocenters. The Hall–Kier alpha value is -7.59. The number of hydrogen-bond acceptors (Lipinski definition) is 16. The van der Waals surface area contributed by atoms with Crippen molar-refractivity contribution in [1.82, 2.24) is 49.7 Å². The lowest BCUT2D eigenvalue weighted by molar-refractivity contribution is -0.337. The third-order valence-electron chi connectivity index (χ3n) is 16.4. The van der Waals surface area contributed by atoms with Crippen molar-refractivity contribution < 1.29 is 40.3 Å². The Bertz CT molecular complexity index is 3770. The zero-order valence-corrected chi connectivity index (χ0v) is 46.8. The molecule has 2 saturated heterocycles. The Kier molecular flexibility index (Phi) is 14.3. The van der Waals surface area contributed by atoms with Gasteiger partial charge in [0.15, 0.2) is 11.3 Å². The first-order chi connectivity index (χ1) is 39.4. The third-order valence-corrected chi connectivity index (χ3v) is 16.4. The summed E-state index contributed by atoms with van der Waals surface area (Å²) < 4.78 is 96.1. The van der Waals surface area contributed by atoms with Gasteiger partial charge in [-0.3, -0.25) is 9.67 Å². The fraction of sp³-hybridized carbons (Fsp3) is 0.467. The van der Waals surface area contributed by atoms with Gasteiger partial charge >= 0.3 is 6.18 Å². The maximum Gasteiger partial charge on any atom is 0.394 e. The van der Waals surface area contributed by atoms with Crippen LogP contribution >= 0.6 is 0 Å². The number of nitrogens with two attached hydrogens (primary N) is 1. The van der Waals surface area contributed by atoms with Gasteiger partial charge in [0, 0.05) is 76.6 Å². The van der Waals surface area contributed by atoms with E-state index in [-0.39, 0.29) is 54.7 Å². The van der Waals surface area contributed by atoms with Crippen LogP contribution in [0.3, 0.4) is 0 Å². The highest BCUT2D eigenvalue weighted by Gasteiger charge is 2.79. The van der Waals surface area contributed by atoms with Crippen molar-refractivity contribution in [2.24, 2.45) is 16.1 Å². The SMILES string of the molecule is CC.Cc1cnc(-c2cc3c(-c4ccc(F)cc4F)nc(N4CC(C)OC(/C(C=NC5CC5)=C/N)C4)nc3nc2C)o1.Cc1coc(-c2cc3c(C45CC(C(F)(F)F)(C4)C5)nc(C4CCOC(c5cnn(C6CC6)c5)C4)nc3nc2C)n1. The van der Waals surface area contributed by atoms with Gasteiger partial charge in [-0.05, 0) is 117 Å². The van der Waals surface area contributed by atoms with Gasteiger partial charge in [0.05, 0.1) is 88.2 Å². The van der Waals surface area contributed by atoms with E-state index in [0.717, 1.165) is 55.0 Å². The number of aliphatic imine (C=N–C) groups is 1. The van der Waals surface area contributed by atoms with Crippen LogP contribution in [0.2, 0.25) is 0 Å². The zero-order chi connectivity index (χ0) is 57.4. The summed E-state index contributed by atoms with van der Waals surface area (Å²) in [7, 11) is 0. The molecule has 22 heteroatoms. The van der Waals surface area contributed by atoms with Crippen LogP contribution < -0.4 is 10.6 Å². The van der Waals surface area contributed by atoms with Crippen molar-refractivity contribution in [3.63, 3.8) is 0 Å². The van der Waals surface area contributed by atoms with E-state index >= 15 is 4.39 Å². The molecule has 2 bridgehead atoms. The number of benzene rings is 1. The second kappa shape index (κ2) is 21.3. The van der Waals surface area contributed by atoms with Crippen LogP contribution in [0.25, 0.3) is 56.2 Å². The molecule has 4 atom stereocenters. The number of fused-ring (bicyclic) bond motifs is 2. The van der Waals surface area contributed by atoms with Crippen molar-refractivity contribution in [2.75, 3.05) is 24.6 Å². The van der Waals surface area contributed by atoms with E-state index in [1.807, 2.05) is 63.4 Å². The molecule has 5 aliphatic carbocycles. The average molecular weight is 1130 g/mol. The summed E-state index contributed by atoms with van der Waals surface area (Å²) in [5.41, 5.74) is 11.0. The number of rotatable bonds is 11. The topological polar surface area (TPSA) is 207 Å². The van der Waals surface area contributed by atoms with Crippen molar-refractivity contribution >= 4 is 34.2 Å². The van der Waals surface area contributed by atoms with E-state index in [0.29, 0.717) is 118 Å². The van der Waals surface area contributed by atoms with E-state index in [1.165, 1.54) is 18.3 Å². The van der Waals surface area contributed by atoms with Crippen molar-refractivity contribution in [3.8, 4) is 34.2 Å². The lowest BCUT2D eigenvalue weighted by Gasteiger charge is -2.70. The van der Waals surface area contributed by atoms with Gasteiger partial charge < -0.3 is 28.9 Å². The van der Waals surface area contributed by atoms with Gasteiger partial charge in [-0.1, -0.05) is 13.8 Å². The number of halogens is 5. The molecule has 7 fully saturated rings. The minimum absolute atomic E-state index is 0.00581. The fourth-order valence-electron chi connectivity index (χ4n) is 11.9. The molecule has 7 aliphatic rings. The van der Waals surface area contributed by atoms with Gasteiger partial charge in [0.2, 0.25) is 17.7 Å². The number of aryl methyl sites for hydroxylation is 4. The van der Waals surface area contributed by atoms with Crippen molar-refractivity contribution in [3.05, 3.63) is 119 Å². The molecular weight excluding hydrogens is 1060 g/mol. The highest BCUT2D eigenvalue weighted by Crippen LogP contribution is 2.78. The standard InChI is InChI=1S/C29H29F3N6O2.C29H29F2N7O2.C2H6/c1-15-11-40-26(34-15)20-8-21-23(27-12-28(13-27,14-27)29(30,31)32)36-24(37-25(21)35-16(20)2)17-5-6-39-22(7-17)18-9-33-38(10-18)19-3-4-19;1-15-11-34-28(40-15)22-9-23-26(21-7-4-19(30)8-24(21)31)36-29(37-27(23)35-17(22)3)38-13-16(2)39-25(14-38)18(10-32)12-33-20-5-6-20;1-2/h8-11,17,19,22H,3-7,12-14H2,1-2H3;4,7-12,16,20,25H,5-6,13-14,32H2,1-3H3;1-2H3/b;18-10+,33-12?;. The van der Waals surface area contributed by atoms with E-state index in [1.54, 1.807) is 31.7 Å². The van der Waals surface area contributed by atoms with E-state index < -0.39 is 28.6 Å². The van der Waals surface area contributed by atoms with Crippen LogP contribution in [0.4, 0.5) is 27.9 Å². The highest BCUT2D eigenvalue weighted by molar-refractivity contribution is 5.94. The Morgan fingerprint density at radius 3 is 2.21 bits per heavy atom. The molecule has 2 aliphatic heterocycles. The molecule has 15 rings (SSSR count). The molecule has 2 N–H and O–H groups in total.